The molecule has 0 aromatic carbocycles. The molecule has 0 radical (unpaired) electrons. The monoisotopic (exact) mass is 222 g/mol. The molecule has 0 spiro atoms. The van der Waals surface area contributed by atoms with Gasteiger partial charge in [-0.3, -0.25) is 0 Å². The standard InChI is InChI=1S/C13H22N2O/c1-11-3-4-13(16-11)10-14-9-12-5-7-15(2)8-6-12/h3-4,12,14H,5-10H2,1-2H3. The molecule has 1 fully saturated rings. The number of furan rings is 1. The second-order valence-corrected chi connectivity index (χ2v) is 4.89. The SMILES string of the molecule is Cc1ccc(CNCC2CCN(C)CC2)o1. The van der Waals surface area contributed by atoms with E-state index in [1.165, 1.54) is 25.9 Å². The maximum atomic E-state index is 5.52. The Bertz CT molecular complexity index is 313. The Kier molecular flexibility index (Phi) is 4.02. The van der Waals surface area contributed by atoms with Crippen molar-refractivity contribution in [3.8, 4) is 0 Å². The minimum atomic E-state index is 0.840. The summed E-state index contributed by atoms with van der Waals surface area (Å²) in [4.78, 5) is 2.41. The number of hydrogen-bond donors (Lipinski definition) is 1. The van der Waals surface area contributed by atoms with Crippen LogP contribution < -0.4 is 5.32 Å². The van der Waals surface area contributed by atoms with Crippen LogP contribution in [0.4, 0.5) is 0 Å². The van der Waals surface area contributed by atoms with Crippen molar-refractivity contribution < 1.29 is 4.42 Å². The summed E-state index contributed by atoms with van der Waals surface area (Å²) in [7, 11) is 2.20. The van der Waals surface area contributed by atoms with Gasteiger partial charge in [0.15, 0.2) is 0 Å². The molecule has 16 heavy (non-hydrogen) atoms. The number of aryl methyl sites for hydroxylation is 1. The van der Waals surface area contributed by atoms with Crippen molar-refractivity contribution in [1.29, 1.82) is 0 Å². The summed E-state index contributed by atoms with van der Waals surface area (Å²) in [5.74, 6) is 2.88. The average molecular weight is 222 g/mol. The van der Waals surface area contributed by atoms with E-state index in [4.69, 9.17) is 4.42 Å². The Morgan fingerprint density at radius 1 is 1.38 bits per heavy atom. The minimum absolute atomic E-state index is 0.840. The van der Waals surface area contributed by atoms with Gasteiger partial charge < -0.3 is 14.6 Å². The van der Waals surface area contributed by atoms with E-state index < -0.39 is 0 Å². The molecule has 3 nitrogen and oxygen atoms in total. The van der Waals surface area contributed by atoms with E-state index >= 15 is 0 Å². The number of piperidine rings is 1. The number of likely N-dealkylation sites (tertiary alicyclic amines) is 1. The van der Waals surface area contributed by atoms with Crippen LogP contribution in [0.1, 0.15) is 24.4 Å². The van der Waals surface area contributed by atoms with Gasteiger partial charge in [-0.15, -0.1) is 0 Å². The highest BCUT2D eigenvalue weighted by molar-refractivity contribution is 5.05. The van der Waals surface area contributed by atoms with E-state index in [-0.39, 0.29) is 0 Å². The summed E-state index contributed by atoms with van der Waals surface area (Å²) < 4.78 is 5.52. The van der Waals surface area contributed by atoms with Crippen LogP contribution in [0.2, 0.25) is 0 Å². The molecule has 1 aromatic heterocycles. The number of rotatable bonds is 4. The molecule has 0 bridgehead atoms. The van der Waals surface area contributed by atoms with Gasteiger partial charge in [0.25, 0.3) is 0 Å². The van der Waals surface area contributed by atoms with Crippen molar-refractivity contribution in [3.63, 3.8) is 0 Å². The van der Waals surface area contributed by atoms with Crippen LogP contribution in [0.25, 0.3) is 0 Å². The first kappa shape index (κ1) is 11.7. The maximum Gasteiger partial charge on any atom is 0.117 e. The van der Waals surface area contributed by atoms with Crippen LogP contribution in [-0.2, 0) is 6.54 Å². The highest BCUT2D eigenvalue weighted by atomic mass is 16.3. The minimum Gasteiger partial charge on any atom is -0.465 e. The van der Waals surface area contributed by atoms with Crippen molar-refractivity contribution in [2.75, 3.05) is 26.7 Å². The molecule has 2 rings (SSSR count). The molecule has 1 aliphatic heterocycles. The normalized spacial score (nSPS) is 19.1. The molecule has 1 aromatic rings. The van der Waals surface area contributed by atoms with Gasteiger partial charge in [-0.05, 0) is 64.5 Å². The second kappa shape index (κ2) is 5.51. The smallest absolute Gasteiger partial charge is 0.117 e. The third kappa shape index (κ3) is 3.35. The van der Waals surface area contributed by atoms with Gasteiger partial charge in [0, 0.05) is 0 Å². The average Bonchev–Trinajstić information content (AvgIpc) is 2.67. The molecule has 1 N–H and O–H groups in total. The largest absolute Gasteiger partial charge is 0.465 e. The Morgan fingerprint density at radius 2 is 2.12 bits per heavy atom. The molecule has 3 heteroatoms. The Balaban J connectivity index is 1.64. The number of nitrogens with zero attached hydrogens (tertiary/aromatic N) is 1. The van der Waals surface area contributed by atoms with Gasteiger partial charge >= 0.3 is 0 Å². The van der Waals surface area contributed by atoms with Gasteiger partial charge in [-0.1, -0.05) is 0 Å². The van der Waals surface area contributed by atoms with E-state index in [1.807, 2.05) is 13.0 Å². The maximum absolute atomic E-state index is 5.52. The fourth-order valence-corrected chi connectivity index (χ4v) is 2.25. The van der Waals surface area contributed by atoms with Gasteiger partial charge in [0.05, 0.1) is 6.54 Å². The first-order valence-corrected chi connectivity index (χ1v) is 6.18. The lowest BCUT2D eigenvalue weighted by atomic mass is 9.97. The quantitative estimate of drug-likeness (QED) is 0.845. The lowest BCUT2D eigenvalue weighted by Gasteiger charge is -2.28. The van der Waals surface area contributed by atoms with Gasteiger partial charge in [0.2, 0.25) is 0 Å². The zero-order valence-corrected chi connectivity index (χ0v) is 10.3. The molecule has 1 saturated heterocycles. The van der Waals surface area contributed by atoms with Crippen molar-refractivity contribution in [3.05, 3.63) is 23.7 Å². The van der Waals surface area contributed by atoms with Crippen LogP contribution in [0.15, 0.2) is 16.5 Å². The molecular formula is C13H22N2O. The molecule has 0 unspecified atom stereocenters. The number of hydrogen-bond acceptors (Lipinski definition) is 3. The van der Waals surface area contributed by atoms with Crippen LogP contribution in [-0.4, -0.2) is 31.6 Å². The highest BCUT2D eigenvalue weighted by Gasteiger charge is 2.15. The molecule has 0 atom stereocenters. The molecule has 0 amide bonds. The van der Waals surface area contributed by atoms with Gasteiger partial charge in [-0.25, -0.2) is 0 Å². The first-order chi connectivity index (χ1) is 7.74. The predicted molar refractivity (Wildman–Crippen MR) is 65.4 cm³/mol. The number of nitrogens with one attached hydrogen (secondary N) is 1. The summed E-state index contributed by atoms with van der Waals surface area (Å²) in [5, 5.41) is 3.49. The van der Waals surface area contributed by atoms with E-state index in [0.29, 0.717) is 0 Å². The fourth-order valence-electron chi connectivity index (χ4n) is 2.25. The van der Waals surface area contributed by atoms with Gasteiger partial charge in [-0.2, -0.15) is 0 Å². The zero-order chi connectivity index (χ0) is 11.4. The van der Waals surface area contributed by atoms with E-state index in [2.05, 4.69) is 23.3 Å². The van der Waals surface area contributed by atoms with E-state index in [9.17, 15) is 0 Å². The molecule has 90 valence electrons. The predicted octanol–water partition coefficient (Wildman–Crippen LogP) is 2.02. The van der Waals surface area contributed by atoms with Crippen molar-refractivity contribution in [2.45, 2.75) is 26.3 Å². The van der Waals surface area contributed by atoms with E-state index in [1.54, 1.807) is 0 Å². The topological polar surface area (TPSA) is 28.4 Å². The lowest BCUT2D eigenvalue weighted by molar-refractivity contribution is 0.215. The molecular weight excluding hydrogens is 200 g/mol. The van der Waals surface area contributed by atoms with Crippen molar-refractivity contribution in [2.24, 2.45) is 5.92 Å². The molecule has 0 aliphatic carbocycles. The Labute approximate surface area is 97.8 Å². The second-order valence-electron chi connectivity index (χ2n) is 4.89. The third-order valence-corrected chi connectivity index (χ3v) is 3.37. The van der Waals surface area contributed by atoms with Crippen LogP contribution in [0, 0.1) is 12.8 Å². The summed E-state index contributed by atoms with van der Waals surface area (Å²) in [6.07, 6.45) is 2.64. The third-order valence-electron chi connectivity index (χ3n) is 3.37. The first-order valence-electron chi connectivity index (χ1n) is 6.18. The summed E-state index contributed by atoms with van der Waals surface area (Å²) in [6.45, 7) is 6.45. The highest BCUT2D eigenvalue weighted by Crippen LogP contribution is 2.15. The Morgan fingerprint density at radius 3 is 2.75 bits per heavy atom. The molecule has 1 aliphatic rings. The zero-order valence-electron chi connectivity index (χ0n) is 10.3. The summed E-state index contributed by atoms with van der Waals surface area (Å²) in [5.41, 5.74) is 0. The summed E-state index contributed by atoms with van der Waals surface area (Å²) in [6, 6.07) is 4.07. The molecule has 0 saturated carbocycles. The Hall–Kier alpha value is -0.800. The van der Waals surface area contributed by atoms with Crippen molar-refractivity contribution in [1.82, 2.24) is 10.2 Å². The van der Waals surface area contributed by atoms with Crippen molar-refractivity contribution >= 4 is 0 Å². The van der Waals surface area contributed by atoms with Gasteiger partial charge in [0.1, 0.15) is 11.5 Å². The summed E-state index contributed by atoms with van der Waals surface area (Å²) >= 11 is 0. The lowest BCUT2D eigenvalue weighted by Crippen LogP contribution is -2.34. The fraction of sp³-hybridized carbons (Fsp3) is 0.692. The van der Waals surface area contributed by atoms with Crippen LogP contribution in [0.3, 0.4) is 0 Å². The van der Waals surface area contributed by atoms with Crippen LogP contribution >= 0.6 is 0 Å². The van der Waals surface area contributed by atoms with Crippen LogP contribution in [0.5, 0.6) is 0 Å². The molecule has 2 heterocycles. The van der Waals surface area contributed by atoms with E-state index in [0.717, 1.165) is 30.5 Å².